The Morgan fingerprint density at radius 1 is 0.962 bits per heavy atom. The van der Waals surface area contributed by atoms with E-state index in [1.54, 1.807) is 12.1 Å². The molecule has 2 aromatic rings. The van der Waals surface area contributed by atoms with Crippen LogP contribution >= 0.6 is 0 Å². The summed E-state index contributed by atoms with van der Waals surface area (Å²) in [5.74, 6) is -0.702. The van der Waals surface area contributed by atoms with Gasteiger partial charge in [-0.25, -0.2) is 13.1 Å². The molecule has 0 atom stereocenters. The van der Waals surface area contributed by atoms with Gasteiger partial charge in [0.05, 0.1) is 24.7 Å². The molecule has 2 N–H and O–H groups in total. The first-order chi connectivity index (χ1) is 12.3. The summed E-state index contributed by atoms with van der Waals surface area (Å²) < 4.78 is 37.0. The fourth-order valence-corrected chi connectivity index (χ4v) is 3.19. The van der Waals surface area contributed by atoms with Gasteiger partial charge in [0.1, 0.15) is 0 Å². The summed E-state index contributed by atoms with van der Waals surface area (Å²) in [5, 5.41) is 2.53. The van der Waals surface area contributed by atoms with Crippen molar-refractivity contribution in [1.82, 2.24) is 4.72 Å². The highest BCUT2D eigenvalue weighted by Crippen LogP contribution is 2.30. The van der Waals surface area contributed by atoms with Crippen LogP contribution in [0.25, 0.3) is 0 Å². The maximum atomic E-state index is 12.4. The Morgan fingerprint density at radius 3 is 2.15 bits per heavy atom. The van der Waals surface area contributed by atoms with Crippen LogP contribution in [0.1, 0.15) is 17.3 Å². The van der Waals surface area contributed by atoms with Crippen LogP contribution in [0.3, 0.4) is 0 Å². The van der Waals surface area contributed by atoms with Crippen molar-refractivity contribution in [1.29, 1.82) is 0 Å². The topological polar surface area (TPSA) is 111 Å². The first kappa shape index (κ1) is 19.3. The number of sulfonamides is 1. The first-order valence-corrected chi connectivity index (χ1v) is 8.92. The SMILES string of the molecule is COc1cccc(C(=O)NS(=O)(=O)c2ccc(NC(C)=O)cc2)c1OC. The number of nitrogens with one attached hydrogen (secondary N) is 2. The van der Waals surface area contributed by atoms with E-state index in [1.807, 2.05) is 4.72 Å². The van der Waals surface area contributed by atoms with Crippen LogP contribution in [0.5, 0.6) is 11.5 Å². The van der Waals surface area contributed by atoms with Gasteiger partial charge in [-0.05, 0) is 36.4 Å². The lowest BCUT2D eigenvalue weighted by atomic mass is 10.2. The Kier molecular flexibility index (Phi) is 5.83. The number of ether oxygens (including phenoxy) is 2. The van der Waals surface area contributed by atoms with Crippen LogP contribution in [0.2, 0.25) is 0 Å². The Bertz CT molecular complexity index is 923. The van der Waals surface area contributed by atoms with E-state index in [0.717, 1.165) is 0 Å². The molecule has 2 aromatic carbocycles. The molecular formula is C17H18N2O6S. The molecule has 2 rings (SSSR count). The second kappa shape index (κ2) is 7.87. The van der Waals surface area contributed by atoms with Crippen LogP contribution < -0.4 is 19.5 Å². The summed E-state index contributed by atoms with van der Waals surface area (Å²) in [5.41, 5.74) is 0.461. The van der Waals surface area contributed by atoms with E-state index >= 15 is 0 Å². The molecule has 8 nitrogen and oxygen atoms in total. The molecule has 26 heavy (non-hydrogen) atoms. The molecule has 0 aliphatic carbocycles. The third kappa shape index (κ3) is 4.31. The number of para-hydroxylation sites is 1. The molecule has 2 amide bonds. The molecule has 0 saturated heterocycles. The number of anilines is 1. The van der Waals surface area contributed by atoms with Gasteiger partial charge in [-0.2, -0.15) is 0 Å². The first-order valence-electron chi connectivity index (χ1n) is 7.44. The number of carbonyl (C=O) groups is 2. The Balaban J connectivity index is 2.26. The monoisotopic (exact) mass is 378 g/mol. The second-order valence-corrected chi connectivity index (χ2v) is 6.86. The zero-order valence-corrected chi connectivity index (χ0v) is 15.2. The lowest BCUT2D eigenvalue weighted by Gasteiger charge is -2.13. The maximum absolute atomic E-state index is 12.4. The van der Waals surface area contributed by atoms with E-state index in [1.165, 1.54) is 51.5 Å². The van der Waals surface area contributed by atoms with Gasteiger partial charge in [0.15, 0.2) is 11.5 Å². The molecule has 0 heterocycles. The summed E-state index contributed by atoms with van der Waals surface area (Å²) in [4.78, 5) is 23.3. The van der Waals surface area contributed by atoms with E-state index in [0.29, 0.717) is 11.4 Å². The van der Waals surface area contributed by atoms with Crippen LogP contribution in [-0.2, 0) is 14.8 Å². The van der Waals surface area contributed by atoms with Gasteiger partial charge in [-0.1, -0.05) is 6.07 Å². The summed E-state index contributed by atoms with van der Waals surface area (Å²) >= 11 is 0. The van der Waals surface area contributed by atoms with E-state index in [9.17, 15) is 18.0 Å². The smallest absolute Gasteiger partial charge is 0.268 e. The van der Waals surface area contributed by atoms with E-state index < -0.39 is 15.9 Å². The minimum atomic E-state index is -4.11. The number of rotatable bonds is 6. The number of hydrogen-bond donors (Lipinski definition) is 2. The maximum Gasteiger partial charge on any atom is 0.268 e. The van der Waals surface area contributed by atoms with Gasteiger partial charge in [0.2, 0.25) is 5.91 Å². The van der Waals surface area contributed by atoms with Crippen molar-refractivity contribution in [3.05, 3.63) is 48.0 Å². The van der Waals surface area contributed by atoms with Crippen molar-refractivity contribution in [2.24, 2.45) is 0 Å². The molecular weight excluding hydrogens is 360 g/mol. The van der Waals surface area contributed by atoms with Gasteiger partial charge in [-0.3, -0.25) is 9.59 Å². The molecule has 0 spiro atoms. The number of hydrogen-bond acceptors (Lipinski definition) is 6. The zero-order chi connectivity index (χ0) is 19.3. The predicted molar refractivity (Wildman–Crippen MR) is 94.9 cm³/mol. The number of benzene rings is 2. The van der Waals surface area contributed by atoms with Gasteiger partial charge in [-0.15, -0.1) is 0 Å². The third-order valence-corrected chi connectivity index (χ3v) is 4.71. The van der Waals surface area contributed by atoms with Gasteiger partial charge in [0, 0.05) is 12.6 Å². The lowest BCUT2D eigenvalue weighted by Crippen LogP contribution is -2.30. The molecule has 0 fully saturated rings. The van der Waals surface area contributed by atoms with Crippen LogP contribution in [-0.4, -0.2) is 34.5 Å². The summed E-state index contributed by atoms with van der Waals surface area (Å²) in [6.07, 6.45) is 0. The van der Waals surface area contributed by atoms with Crippen molar-refractivity contribution >= 4 is 27.5 Å². The molecule has 9 heteroatoms. The van der Waals surface area contributed by atoms with Crippen LogP contribution in [0.4, 0.5) is 5.69 Å². The predicted octanol–water partition coefficient (Wildman–Crippen LogP) is 1.78. The van der Waals surface area contributed by atoms with Crippen molar-refractivity contribution < 1.29 is 27.5 Å². The molecule has 0 aliphatic rings. The highest BCUT2D eigenvalue weighted by Gasteiger charge is 2.22. The fourth-order valence-electron chi connectivity index (χ4n) is 2.22. The van der Waals surface area contributed by atoms with Crippen LogP contribution in [0.15, 0.2) is 47.4 Å². The molecule has 0 saturated carbocycles. The van der Waals surface area contributed by atoms with Crippen molar-refractivity contribution in [3.63, 3.8) is 0 Å². The molecule has 0 aromatic heterocycles. The van der Waals surface area contributed by atoms with Gasteiger partial charge in [0.25, 0.3) is 15.9 Å². The largest absolute Gasteiger partial charge is 0.493 e. The molecule has 0 radical (unpaired) electrons. The van der Waals surface area contributed by atoms with E-state index in [2.05, 4.69) is 5.32 Å². The van der Waals surface area contributed by atoms with Gasteiger partial charge >= 0.3 is 0 Å². The Labute approximate surface area is 151 Å². The zero-order valence-electron chi connectivity index (χ0n) is 14.4. The van der Waals surface area contributed by atoms with Crippen molar-refractivity contribution in [2.75, 3.05) is 19.5 Å². The van der Waals surface area contributed by atoms with Crippen LogP contribution in [0, 0.1) is 0 Å². The van der Waals surface area contributed by atoms with Crippen molar-refractivity contribution in [2.45, 2.75) is 11.8 Å². The highest BCUT2D eigenvalue weighted by atomic mass is 32.2. The minimum absolute atomic E-state index is 0.0188. The number of methoxy groups -OCH3 is 2. The van der Waals surface area contributed by atoms with Crippen molar-refractivity contribution in [3.8, 4) is 11.5 Å². The second-order valence-electron chi connectivity index (χ2n) is 5.18. The molecule has 0 bridgehead atoms. The average Bonchev–Trinajstić information content (AvgIpc) is 2.60. The Hall–Kier alpha value is -3.07. The highest BCUT2D eigenvalue weighted by molar-refractivity contribution is 7.90. The third-order valence-electron chi connectivity index (χ3n) is 3.36. The number of carbonyl (C=O) groups excluding carboxylic acids is 2. The normalized spacial score (nSPS) is 10.7. The summed E-state index contributed by atoms with van der Waals surface area (Å²) in [6, 6.07) is 9.97. The summed E-state index contributed by atoms with van der Waals surface area (Å²) in [7, 11) is -1.35. The Morgan fingerprint density at radius 2 is 1.62 bits per heavy atom. The summed E-state index contributed by atoms with van der Waals surface area (Å²) in [6.45, 7) is 1.34. The quantitative estimate of drug-likeness (QED) is 0.793. The van der Waals surface area contributed by atoms with E-state index in [4.69, 9.17) is 9.47 Å². The van der Waals surface area contributed by atoms with Gasteiger partial charge < -0.3 is 14.8 Å². The lowest BCUT2D eigenvalue weighted by molar-refractivity contribution is -0.114. The fraction of sp³-hybridized carbons (Fsp3) is 0.176. The standard InChI is InChI=1S/C17H18N2O6S/c1-11(20)18-12-7-9-13(10-8-12)26(22,23)19-17(21)14-5-4-6-15(24-2)16(14)25-3/h4-10H,1-3H3,(H,18,20)(H,19,21). The molecule has 138 valence electrons. The minimum Gasteiger partial charge on any atom is -0.493 e. The molecule has 0 aliphatic heterocycles. The van der Waals surface area contributed by atoms with E-state index in [-0.39, 0.29) is 22.1 Å². The molecule has 0 unspecified atom stereocenters. The average molecular weight is 378 g/mol. The number of amides is 2.